The van der Waals surface area contributed by atoms with Crippen LogP contribution in [0.25, 0.3) is 11.3 Å². The van der Waals surface area contributed by atoms with Crippen LogP contribution < -0.4 is 0 Å². The smallest absolute Gasteiger partial charge is 0.274 e. The predicted octanol–water partition coefficient (Wildman–Crippen LogP) is 2.24. The van der Waals surface area contributed by atoms with Crippen LogP contribution in [0.2, 0.25) is 0 Å². The Hall–Kier alpha value is -3.16. The molecule has 3 aromatic rings. The van der Waals surface area contributed by atoms with Crippen LogP contribution >= 0.6 is 0 Å². The molecule has 0 N–H and O–H groups in total. The molecule has 0 bridgehead atoms. The minimum atomic E-state index is -0.0651. The van der Waals surface area contributed by atoms with Gasteiger partial charge in [-0.2, -0.15) is 0 Å². The van der Waals surface area contributed by atoms with Crippen LogP contribution in [0.1, 0.15) is 34.1 Å². The van der Waals surface area contributed by atoms with E-state index in [1.165, 1.54) is 12.4 Å². The van der Waals surface area contributed by atoms with Crippen molar-refractivity contribution in [2.75, 3.05) is 13.1 Å². The molecule has 0 saturated carbocycles. The number of hydrogen-bond acceptors (Lipinski definition) is 7. The fourth-order valence-corrected chi connectivity index (χ4v) is 3.55. The van der Waals surface area contributed by atoms with Crippen molar-refractivity contribution in [1.29, 1.82) is 0 Å². The van der Waals surface area contributed by atoms with Gasteiger partial charge in [-0.05, 0) is 38.7 Å². The van der Waals surface area contributed by atoms with Crippen molar-refractivity contribution in [3.8, 4) is 11.3 Å². The third-order valence-corrected chi connectivity index (χ3v) is 4.87. The van der Waals surface area contributed by atoms with E-state index in [4.69, 9.17) is 4.52 Å². The lowest BCUT2D eigenvalue weighted by Gasteiger charge is -2.15. The average Bonchev–Trinajstić information content (AvgIpc) is 3.28. The lowest BCUT2D eigenvalue weighted by atomic mass is 10.0. The van der Waals surface area contributed by atoms with E-state index in [1.54, 1.807) is 12.5 Å². The monoisotopic (exact) mass is 364 g/mol. The van der Waals surface area contributed by atoms with Crippen molar-refractivity contribution < 1.29 is 9.32 Å². The summed E-state index contributed by atoms with van der Waals surface area (Å²) in [5.74, 6) is 1.04. The van der Waals surface area contributed by atoms with Crippen molar-refractivity contribution in [3.63, 3.8) is 0 Å². The zero-order chi connectivity index (χ0) is 18.8. The third kappa shape index (κ3) is 3.55. The normalized spacial score (nSPS) is 16.7. The molecule has 0 spiro atoms. The molecule has 1 aliphatic heterocycles. The average molecular weight is 364 g/mol. The summed E-state index contributed by atoms with van der Waals surface area (Å²) in [6.45, 7) is 5.20. The first-order valence-electron chi connectivity index (χ1n) is 8.91. The van der Waals surface area contributed by atoms with Crippen LogP contribution in [0.3, 0.4) is 0 Å². The van der Waals surface area contributed by atoms with Gasteiger partial charge in [-0.15, -0.1) is 0 Å². The molecule has 8 nitrogen and oxygen atoms in total. The number of likely N-dealkylation sites (tertiary alicyclic amines) is 1. The lowest BCUT2D eigenvalue weighted by Crippen LogP contribution is -2.29. The van der Waals surface area contributed by atoms with Gasteiger partial charge in [0.2, 0.25) is 0 Å². The molecule has 27 heavy (non-hydrogen) atoms. The van der Waals surface area contributed by atoms with Gasteiger partial charge >= 0.3 is 0 Å². The minimum absolute atomic E-state index is 0.0651. The van der Waals surface area contributed by atoms with E-state index < -0.39 is 0 Å². The Labute approximate surface area is 156 Å². The second-order valence-corrected chi connectivity index (χ2v) is 6.79. The number of nitrogens with zero attached hydrogens (tertiary/aromatic N) is 6. The summed E-state index contributed by atoms with van der Waals surface area (Å²) in [6, 6.07) is 1.99. The number of amides is 1. The minimum Gasteiger partial charge on any atom is -0.361 e. The first-order chi connectivity index (χ1) is 13.1. The SMILES string of the molecule is Cc1noc(C)c1-c1cc(CC2CCN(C(=O)c3cnccn3)C2)ncn1. The molecule has 4 rings (SSSR count). The van der Waals surface area contributed by atoms with E-state index in [0.29, 0.717) is 18.2 Å². The van der Waals surface area contributed by atoms with Gasteiger partial charge in [0.1, 0.15) is 17.8 Å². The number of carbonyl (C=O) groups excluding carboxylic acids is 1. The van der Waals surface area contributed by atoms with Gasteiger partial charge in [-0.1, -0.05) is 5.16 Å². The Morgan fingerprint density at radius 3 is 2.89 bits per heavy atom. The molecular formula is C19H20N6O2. The summed E-state index contributed by atoms with van der Waals surface area (Å²) in [6.07, 6.45) is 7.93. The van der Waals surface area contributed by atoms with Gasteiger partial charge in [0.05, 0.1) is 23.1 Å². The summed E-state index contributed by atoms with van der Waals surface area (Å²) in [5.41, 5.74) is 3.91. The summed E-state index contributed by atoms with van der Waals surface area (Å²) in [7, 11) is 0. The van der Waals surface area contributed by atoms with E-state index in [2.05, 4.69) is 25.1 Å². The van der Waals surface area contributed by atoms with Crippen molar-refractivity contribution >= 4 is 5.91 Å². The molecule has 1 unspecified atom stereocenters. The Balaban J connectivity index is 1.45. The van der Waals surface area contributed by atoms with Crippen molar-refractivity contribution in [3.05, 3.63) is 53.8 Å². The van der Waals surface area contributed by atoms with Crippen LogP contribution in [0.15, 0.2) is 35.5 Å². The summed E-state index contributed by atoms with van der Waals surface area (Å²) in [5, 5.41) is 3.99. The van der Waals surface area contributed by atoms with E-state index >= 15 is 0 Å². The van der Waals surface area contributed by atoms with Crippen molar-refractivity contribution in [2.45, 2.75) is 26.7 Å². The zero-order valence-corrected chi connectivity index (χ0v) is 15.3. The van der Waals surface area contributed by atoms with Gasteiger partial charge in [-0.25, -0.2) is 15.0 Å². The predicted molar refractivity (Wildman–Crippen MR) is 96.7 cm³/mol. The van der Waals surface area contributed by atoms with E-state index in [0.717, 1.165) is 47.8 Å². The van der Waals surface area contributed by atoms with Crippen molar-refractivity contribution in [1.82, 2.24) is 30.0 Å². The molecule has 0 aliphatic carbocycles. The van der Waals surface area contributed by atoms with Gasteiger partial charge in [-0.3, -0.25) is 9.78 Å². The molecule has 1 amide bonds. The van der Waals surface area contributed by atoms with E-state index in [1.807, 2.05) is 24.8 Å². The standard InChI is InChI=1S/C19H20N6O2/c1-12-18(13(2)27-24-12)16-8-15(22-11-23-16)7-14-3-6-25(10-14)19(26)17-9-20-4-5-21-17/h4-5,8-9,11,14H,3,6-7,10H2,1-2H3. The molecule has 1 saturated heterocycles. The number of carbonyl (C=O) groups is 1. The summed E-state index contributed by atoms with van der Waals surface area (Å²) in [4.78, 5) is 31.2. The maximum Gasteiger partial charge on any atom is 0.274 e. The van der Waals surface area contributed by atoms with Gasteiger partial charge in [0, 0.05) is 31.2 Å². The Morgan fingerprint density at radius 2 is 2.15 bits per heavy atom. The molecule has 3 aromatic heterocycles. The zero-order valence-electron chi connectivity index (χ0n) is 15.3. The van der Waals surface area contributed by atoms with E-state index in [-0.39, 0.29) is 5.91 Å². The van der Waals surface area contributed by atoms with Crippen LogP contribution in [0.4, 0.5) is 0 Å². The van der Waals surface area contributed by atoms with Gasteiger partial charge in [0.15, 0.2) is 0 Å². The highest BCUT2D eigenvalue weighted by molar-refractivity contribution is 5.92. The largest absolute Gasteiger partial charge is 0.361 e. The van der Waals surface area contributed by atoms with Crippen LogP contribution in [0.5, 0.6) is 0 Å². The van der Waals surface area contributed by atoms with Gasteiger partial charge in [0.25, 0.3) is 5.91 Å². The molecule has 138 valence electrons. The molecule has 8 heteroatoms. The maximum absolute atomic E-state index is 12.5. The highest BCUT2D eigenvalue weighted by atomic mass is 16.5. The number of rotatable bonds is 4. The molecule has 4 heterocycles. The highest BCUT2D eigenvalue weighted by Crippen LogP contribution is 2.27. The Morgan fingerprint density at radius 1 is 1.26 bits per heavy atom. The molecule has 1 aliphatic rings. The lowest BCUT2D eigenvalue weighted by molar-refractivity contribution is 0.0780. The Kier molecular flexibility index (Phi) is 4.62. The first-order valence-corrected chi connectivity index (χ1v) is 8.91. The van der Waals surface area contributed by atoms with Crippen LogP contribution in [-0.4, -0.2) is 49.0 Å². The highest BCUT2D eigenvalue weighted by Gasteiger charge is 2.28. The summed E-state index contributed by atoms with van der Waals surface area (Å²) >= 11 is 0. The van der Waals surface area contributed by atoms with Gasteiger partial charge < -0.3 is 9.42 Å². The first kappa shape index (κ1) is 17.3. The fourth-order valence-electron chi connectivity index (χ4n) is 3.55. The molecule has 1 atom stereocenters. The fraction of sp³-hybridized carbons (Fsp3) is 0.368. The molecular weight excluding hydrogens is 344 g/mol. The Bertz CT molecular complexity index is 936. The maximum atomic E-state index is 12.5. The topological polar surface area (TPSA) is 97.9 Å². The van der Waals surface area contributed by atoms with E-state index in [9.17, 15) is 4.79 Å². The van der Waals surface area contributed by atoms with Crippen molar-refractivity contribution in [2.24, 2.45) is 5.92 Å². The second kappa shape index (κ2) is 7.22. The van der Waals surface area contributed by atoms with Crippen LogP contribution in [0, 0.1) is 19.8 Å². The summed E-state index contributed by atoms with van der Waals surface area (Å²) < 4.78 is 5.24. The molecule has 0 aromatic carbocycles. The quantitative estimate of drug-likeness (QED) is 0.700. The molecule has 0 radical (unpaired) electrons. The second-order valence-electron chi connectivity index (χ2n) is 6.79. The number of aromatic nitrogens is 5. The third-order valence-electron chi connectivity index (χ3n) is 4.87. The molecule has 1 fully saturated rings. The van der Waals surface area contributed by atoms with Crippen LogP contribution in [-0.2, 0) is 6.42 Å². The number of aryl methyl sites for hydroxylation is 2. The number of hydrogen-bond donors (Lipinski definition) is 0.